The van der Waals surface area contributed by atoms with Crippen molar-refractivity contribution < 1.29 is 9.59 Å². The summed E-state index contributed by atoms with van der Waals surface area (Å²) in [5.74, 6) is -0.122. The van der Waals surface area contributed by atoms with Crippen LogP contribution in [-0.2, 0) is 4.79 Å². The molecule has 1 aliphatic heterocycles. The molecule has 6 nitrogen and oxygen atoms in total. The number of nitrogens with one attached hydrogen (secondary N) is 1. The highest BCUT2D eigenvalue weighted by atomic mass is 35.5. The van der Waals surface area contributed by atoms with Crippen LogP contribution in [0.25, 0.3) is 0 Å². The number of amides is 2. The number of halogens is 1. The van der Waals surface area contributed by atoms with Crippen LogP contribution in [0.1, 0.15) is 10.4 Å². The smallest absolute Gasteiger partial charge is 0.257 e. The van der Waals surface area contributed by atoms with E-state index in [1.165, 1.54) is 0 Å². The molecule has 108 valence electrons. The quantitative estimate of drug-likeness (QED) is 0.812. The molecule has 1 aromatic rings. The molecule has 1 aromatic heterocycles. The summed E-state index contributed by atoms with van der Waals surface area (Å²) < 4.78 is 0. The lowest BCUT2D eigenvalue weighted by Crippen LogP contribution is -2.50. The van der Waals surface area contributed by atoms with E-state index in [1.807, 2.05) is 4.90 Å². The standard InChI is InChI=1S/C13H17ClN4O2/c1-15-11(19)9-17-5-7-18(8-6-17)13(20)10-3-2-4-16-12(10)14/h2-4H,5-9H2,1H3,(H,15,19). The second-order valence-corrected chi connectivity index (χ2v) is 4.94. The zero-order valence-corrected chi connectivity index (χ0v) is 12.1. The molecule has 20 heavy (non-hydrogen) atoms. The van der Waals surface area contributed by atoms with Crippen molar-refractivity contribution in [2.24, 2.45) is 0 Å². The van der Waals surface area contributed by atoms with Crippen LogP contribution in [0.3, 0.4) is 0 Å². The summed E-state index contributed by atoms with van der Waals surface area (Å²) >= 11 is 5.93. The van der Waals surface area contributed by atoms with Gasteiger partial charge in [-0.2, -0.15) is 0 Å². The summed E-state index contributed by atoms with van der Waals surface area (Å²) in [5, 5.41) is 2.82. The summed E-state index contributed by atoms with van der Waals surface area (Å²) in [5.41, 5.74) is 0.425. The lowest BCUT2D eigenvalue weighted by atomic mass is 10.2. The van der Waals surface area contributed by atoms with Crippen molar-refractivity contribution in [2.75, 3.05) is 39.8 Å². The second kappa shape index (κ2) is 6.67. The molecule has 0 unspecified atom stereocenters. The maximum atomic E-state index is 12.3. The molecule has 2 heterocycles. The lowest BCUT2D eigenvalue weighted by Gasteiger charge is -2.34. The number of likely N-dealkylation sites (N-methyl/N-ethyl adjacent to an activating group) is 1. The Labute approximate surface area is 122 Å². The van der Waals surface area contributed by atoms with Gasteiger partial charge in [-0.15, -0.1) is 0 Å². The predicted octanol–water partition coefficient (Wildman–Crippen LogP) is 0.239. The molecule has 0 radical (unpaired) electrons. The summed E-state index contributed by atoms with van der Waals surface area (Å²) in [4.78, 5) is 31.3. The van der Waals surface area contributed by atoms with Crippen LogP contribution in [0.5, 0.6) is 0 Å². The maximum Gasteiger partial charge on any atom is 0.257 e. The largest absolute Gasteiger partial charge is 0.358 e. The van der Waals surface area contributed by atoms with Crippen molar-refractivity contribution in [3.63, 3.8) is 0 Å². The molecule has 0 spiro atoms. The SMILES string of the molecule is CNC(=O)CN1CCN(C(=O)c2cccnc2Cl)CC1. The third kappa shape index (κ3) is 3.46. The first-order chi connectivity index (χ1) is 9.61. The van der Waals surface area contributed by atoms with Gasteiger partial charge in [0.15, 0.2) is 0 Å². The van der Waals surface area contributed by atoms with Gasteiger partial charge in [-0.05, 0) is 12.1 Å². The topological polar surface area (TPSA) is 65.5 Å². The third-order valence-corrected chi connectivity index (χ3v) is 3.60. The van der Waals surface area contributed by atoms with E-state index in [4.69, 9.17) is 11.6 Å². The van der Waals surface area contributed by atoms with E-state index in [0.29, 0.717) is 38.3 Å². The van der Waals surface area contributed by atoms with Crippen molar-refractivity contribution in [3.8, 4) is 0 Å². The minimum absolute atomic E-state index is 0.0138. The fourth-order valence-corrected chi connectivity index (χ4v) is 2.31. The van der Waals surface area contributed by atoms with E-state index >= 15 is 0 Å². The molecule has 2 rings (SSSR count). The van der Waals surface area contributed by atoms with Crippen molar-refractivity contribution in [3.05, 3.63) is 29.0 Å². The summed E-state index contributed by atoms with van der Waals surface area (Å²) in [6.07, 6.45) is 1.56. The Hall–Kier alpha value is -1.66. The summed E-state index contributed by atoms with van der Waals surface area (Å²) in [7, 11) is 1.62. The van der Waals surface area contributed by atoms with Gasteiger partial charge < -0.3 is 10.2 Å². The van der Waals surface area contributed by atoms with Gasteiger partial charge in [-0.1, -0.05) is 11.6 Å². The van der Waals surface area contributed by atoms with Gasteiger partial charge in [0.05, 0.1) is 12.1 Å². The zero-order chi connectivity index (χ0) is 14.5. The number of nitrogens with zero attached hydrogens (tertiary/aromatic N) is 3. The van der Waals surface area contributed by atoms with Crippen molar-refractivity contribution in [2.45, 2.75) is 0 Å². The molecule has 2 amide bonds. The van der Waals surface area contributed by atoms with Gasteiger partial charge in [0, 0.05) is 39.4 Å². The van der Waals surface area contributed by atoms with Gasteiger partial charge in [-0.25, -0.2) is 4.98 Å². The van der Waals surface area contributed by atoms with Crippen molar-refractivity contribution >= 4 is 23.4 Å². The van der Waals surface area contributed by atoms with Gasteiger partial charge >= 0.3 is 0 Å². The van der Waals surface area contributed by atoms with Crippen molar-refractivity contribution in [1.29, 1.82) is 0 Å². The first-order valence-electron chi connectivity index (χ1n) is 6.44. The van der Waals surface area contributed by atoms with Crippen molar-refractivity contribution in [1.82, 2.24) is 20.1 Å². The molecule has 1 N–H and O–H groups in total. The minimum atomic E-state index is -0.109. The Morgan fingerprint density at radius 1 is 1.35 bits per heavy atom. The predicted molar refractivity (Wildman–Crippen MR) is 75.7 cm³/mol. The molecule has 0 aliphatic carbocycles. The molecule has 0 atom stereocenters. The number of carbonyl (C=O) groups excluding carboxylic acids is 2. The van der Waals surface area contributed by atoms with Crippen LogP contribution in [0.15, 0.2) is 18.3 Å². The van der Waals surface area contributed by atoms with Crippen LogP contribution in [0.4, 0.5) is 0 Å². The lowest BCUT2D eigenvalue weighted by molar-refractivity contribution is -0.122. The summed E-state index contributed by atoms with van der Waals surface area (Å²) in [6, 6.07) is 3.37. The van der Waals surface area contributed by atoms with Crippen LogP contribution < -0.4 is 5.32 Å². The fraction of sp³-hybridized carbons (Fsp3) is 0.462. The van der Waals surface area contributed by atoms with Crippen LogP contribution in [0, 0.1) is 0 Å². The molecule has 7 heteroatoms. The first-order valence-corrected chi connectivity index (χ1v) is 6.82. The van der Waals surface area contributed by atoms with E-state index in [-0.39, 0.29) is 17.0 Å². The third-order valence-electron chi connectivity index (χ3n) is 3.30. The number of carbonyl (C=O) groups is 2. The van der Waals surface area contributed by atoms with Gasteiger partial charge in [0.25, 0.3) is 5.91 Å². The number of hydrogen-bond acceptors (Lipinski definition) is 4. The van der Waals surface area contributed by atoms with Gasteiger partial charge in [-0.3, -0.25) is 14.5 Å². The number of rotatable bonds is 3. The van der Waals surface area contributed by atoms with E-state index in [2.05, 4.69) is 10.3 Å². The van der Waals surface area contributed by atoms with Crippen LogP contribution in [0.2, 0.25) is 5.15 Å². The second-order valence-electron chi connectivity index (χ2n) is 4.58. The van der Waals surface area contributed by atoms with E-state index in [1.54, 1.807) is 30.3 Å². The van der Waals surface area contributed by atoms with E-state index < -0.39 is 0 Å². The van der Waals surface area contributed by atoms with Crippen LogP contribution in [-0.4, -0.2) is 66.4 Å². The number of aromatic nitrogens is 1. The molecule has 1 aliphatic rings. The van der Waals surface area contributed by atoms with E-state index in [0.717, 1.165) is 0 Å². The highest BCUT2D eigenvalue weighted by Crippen LogP contribution is 2.15. The first kappa shape index (κ1) is 14.7. The molecule has 1 saturated heterocycles. The Morgan fingerprint density at radius 2 is 2.05 bits per heavy atom. The summed E-state index contributed by atoms with van der Waals surface area (Å²) in [6.45, 7) is 2.89. The molecular formula is C13H17ClN4O2. The van der Waals surface area contributed by atoms with Crippen LogP contribution >= 0.6 is 11.6 Å². The molecule has 0 bridgehead atoms. The van der Waals surface area contributed by atoms with Gasteiger partial charge in [0.2, 0.25) is 5.91 Å². The highest BCUT2D eigenvalue weighted by molar-refractivity contribution is 6.32. The average Bonchev–Trinajstić information content (AvgIpc) is 2.47. The number of pyridine rings is 1. The van der Waals surface area contributed by atoms with E-state index in [9.17, 15) is 9.59 Å². The number of piperazine rings is 1. The molecule has 1 fully saturated rings. The van der Waals surface area contributed by atoms with Gasteiger partial charge in [0.1, 0.15) is 5.15 Å². The Bertz CT molecular complexity index is 501. The maximum absolute atomic E-state index is 12.3. The fourth-order valence-electron chi connectivity index (χ4n) is 2.11. The number of hydrogen-bond donors (Lipinski definition) is 1. The minimum Gasteiger partial charge on any atom is -0.358 e. The molecule has 0 saturated carbocycles. The molecule has 0 aromatic carbocycles. The normalized spacial score (nSPS) is 16.0. The Kier molecular flexibility index (Phi) is 4.92. The Balaban J connectivity index is 1.92. The zero-order valence-electron chi connectivity index (χ0n) is 11.3. The molecular weight excluding hydrogens is 280 g/mol. The average molecular weight is 297 g/mol. The highest BCUT2D eigenvalue weighted by Gasteiger charge is 2.24. The Morgan fingerprint density at radius 3 is 2.65 bits per heavy atom. The monoisotopic (exact) mass is 296 g/mol.